The van der Waals surface area contributed by atoms with E-state index in [0.29, 0.717) is 40.7 Å². The van der Waals surface area contributed by atoms with E-state index in [0.717, 1.165) is 5.56 Å². The van der Waals surface area contributed by atoms with E-state index < -0.39 is 28.7 Å². The Hall–Kier alpha value is -3.27. The number of nitrogens with zero attached hydrogens (tertiary/aromatic N) is 1. The second-order valence-corrected chi connectivity index (χ2v) is 9.53. The van der Waals surface area contributed by atoms with Crippen LogP contribution in [0.25, 0.3) is 17.2 Å². The highest BCUT2D eigenvalue weighted by Crippen LogP contribution is 2.46. The van der Waals surface area contributed by atoms with Gasteiger partial charge in [-0.2, -0.15) is 0 Å². The fourth-order valence-electron chi connectivity index (χ4n) is 4.22. The standard InChI is InChI=1S/C24H21F3N2O4S/c1-5-29-17-11-14(12(2)8-16(17)23(3,4)21(29)31)15-9-13(6-7-18(15)33-24(25,26)27)10-19-20(30)28-22(32)34-19/h6-11H,5H2,1-4H3,(H,28,30,32). The van der Waals surface area contributed by atoms with E-state index in [2.05, 4.69) is 10.1 Å². The topological polar surface area (TPSA) is 75.7 Å². The molecule has 178 valence electrons. The van der Waals surface area contributed by atoms with Crippen molar-refractivity contribution < 1.29 is 32.3 Å². The molecule has 6 nitrogen and oxygen atoms in total. The molecule has 0 aliphatic carbocycles. The normalized spacial score (nSPS) is 18.5. The number of aryl methyl sites for hydroxylation is 1. The van der Waals surface area contributed by atoms with Gasteiger partial charge in [-0.15, -0.1) is 13.2 Å². The highest BCUT2D eigenvalue weighted by Gasteiger charge is 2.43. The number of alkyl halides is 3. The number of fused-ring (bicyclic) bond motifs is 1. The van der Waals surface area contributed by atoms with Gasteiger partial charge in [0.1, 0.15) is 5.75 Å². The molecule has 0 radical (unpaired) electrons. The lowest BCUT2D eigenvalue weighted by atomic mass is 9.84. The van der Waals surface area contributed by atoms with Gasteiger partial charge < -0.3 is 9.64 Å². The first-order valence-corrected chi connectivity index (χ1v) is 11.3. The van der Waals surface area contributed by atoms with Gasteiger partial charge >= 0.3 is 6.36 Å². The summed E-state index contributed by atoms with van der Waals surface area (Å²) >= 11 is 0.713. The Bertz CT molecular complexity index is 1270. The van der Waals surface area contributed by atoms with Crippen LogP contribution in [0.15, 0.2) is 35.2 Å². The van der Waals surface area contributed by atoms with Crippen molar-refractivity contribution in [2.45, 2.75) is 39.5 Å². The summed E-state index contributed by atoms with van der Waals surface area (Å²) in [6.45, 7) is 7.64. The van der Waals surface area contributed by atoms with Crippen molar-refractivity contribution in [3.8, 4) is 16.9 Å². The highest BCUT2D eigenvalue weighted by atomic mass is 32.2. The number of likely N-dealkylation sites (N-methyl/N-ethyl adjacent to an activating group) is 1. The lowest BCUT2D eigenvalue weighted by Gasteiger charge is -2.19. The van der Waals surface area contributed by atoms with Crippen molar-refractivity contribution in [1.29, 1.82) is 0 Å². The Morgan fingerprint density at radius 3 is 2.41 bits per heavy atom. The van der Waals surface area contributed by atoms with Crippen molar-refractivity contribution in [1.82, 2.24) is 5.32 Å². The number of halogens is 3. The smallest absolute Gasteiger partial charge is 0.405 e. The molecule has 0 aromatic heterocycles. The van der Waals surface area contributed by atoms with Gasteiger partial charge in [0.05, 0.1) is 10.3 Å². The molecule has 0 bridgehead atoms. The molecule has 0 atom stereocenters. The first kappa shape index (κ1) is 23.9. The number of hydrogen-bond acceptors (Lipinski definition) is 5. The van der Waals surface area contributed by atoms with Crippen molar-refractivity contribution >= 4 is 40.6 Å². The number of amides is 3. The summed E-state index contributed by atoms with van der Waals surface area (Å²) in [4.78, 5) is 38.0. The Morgan fingerprint density at radius 2 is 1.82 bits per heavy atom. The summed E-state index contributed by atoms with van der Waals surface area (Å²) in [5, 5.41) is 1.62. The van der Waals surface area contributed by atoms with Crippen LogP contribution in [-0.2, 0) is 15.0 Å². The Morgan fingerprint density at radius 1 is 1.12 bits per heavy atom. The average molecular weight is 491 g/mol. The minimum Gasteiger partial charge on any atom is -0.405 e. The Kier molecular flexibility index (Phi) is 5.75. The molecule has 2 heterocycles. The van der Waals surface area contributed by atoms with Gasteiger partial charge in [-0.25, -0.2) is 0 Å². The number of hydrogen-bond donors (Lipinski definition) is 1. The minimum atomic E-state index is -4.92. The molecule has 0 spiro atoms. The number of imide groups is 1. The SMILES string of the molecule is CCN1C(=O)C(C)(C)c2cc(C)c(-c3cc(C=C4SC(=O)NC4=O)ccc3OC(F)(F)F)cc21. The van der Waals surface area contributed by atoms with Crippen molar-refractivity contribution in [3.63, 3.8) is 0 Å². The maximum atomic E-state index is 13.2. The number of ether oxygens (including phenoxy) is 1. The lowest BCUT2D eigenvalue weighted by Crippen LogP contribution is -2.35. The van der Waals surface area contributed by atoms with Crippen LogP contribution in [0.5, 0.6) is 5.75 Å². The highest BCUT2D eigenvalue weighted by molar-refractivity contribution is 8.18. The predicted molar refractivity (Wildman–Crippen MR) is 123 cm³/mol. The predicted octanol–water partition coefficient (Wildman–Crippen LogP) is 5.53. The quantitative estimate of drug-likeness (QED) is 0.571. The van der Waals surface area contributed by atoms with Gasteiger partial charge in [-0.05, 0) is 86.0 Å². The molecule has 2 aliphatic heterocycles. The molecule has 2 aliphatic rings. The van der Waals surface area contributed by atoms with Crippen molar-refractivity contribution in [3.05, 3.63) is 51.9 Å². The Balaban J connectivity index is 1.90. The summed E-state index contributed by atoms with van der Waals surface area (Å²) in [6, 6.07) is 7.55. The first-order chi connectivity index (χ1) is 15.8. The van der Waals surface area contributed by atoms with Gasteiger partial charge in [0, 0.05) is 17.8 Å². The number of carbonyl (C=O) groups excluding carboxylic acids is 3. The van der Waals surface area contributed by atoms with E-state index in [1.54, 1.807) is 17.9 Å². The molecule has 0 saturated carbocycles. The van der Waals surface area contributed by atoms with Gasteiger partial charge in [0.15, 0.2) is 0 Å². The van der Waals surface area contributed by atoms with Gasteiger partial charge in [0.25, 0.3) is 11.1 Å². The van der Waals surface area contributed by atoms with E-state index in [4.69, 9.17) is 0 Å². The largest absolute Gasteiger partial charge is 0.573 e. The lowest BCUT2D eigenvalue weighted by molar-refractivity contribution is -0.274. The molecule has 0 unspecified atom stereocenters. The number of thioether (sulfide) groups is 1. The van der Waals surface area contributed by atoms with E-state index in [1.807, 2.05) is 26.8 Å². The second kappa shape index (κ2) is 8.19. The third-order valence-corrected chi connectivity index (χ3v) is 6.67. The van der Waals surface area contributed by atoms with Crippen LogP contribution in [0.1, 0.15) is 37.5 Å². The van der Waals surface area contributed by atoms with E-state index in [9.17, 15) is 27.6 Å². The molecule has 2 aromatic rings. The molecule has 10 heteroatoms. The monoisotopic (exact) mass is 490 g/mol. The van der Waals surface area contributed by atoms with Crippen LogP contribution in [-0.4, -0.2) is 30.0 Å². The number of anilines is 1. The molecule has 1 N–H and O–H groups in total. The second-order valence-electron chi connectivity index (χ2n) is 8.51. The zero-order valence-corrected chi connectivity index (χ0v) is 19.6. The molecular formula is C24H21F3N2O4S. The molecule has 1 saturated heterocycles. The average Bonchev–Trinajstić information content (AvgIpc) is 3.14. The zero-order valence-electron chi connectivity index (χ0n) is 18.8. The van der Waals surface area contributed by atoms with Crippen LogP contribution in [0.3, 0.4) is 0 Å². The van der Waals surface area contributed by atoms with Crippen LogP contribution in [0.2, 0.25) is 0 Å². The zero-order chi connectivity index (χ0) is 25.0. The fourth-order valence-corrected chi connectivity index (χ4v) is 4.90. The maximum absolute atomic E-state index is 13.2. The Labute approximate surface area is 198 Å². The van der Waals surface area contributed by atoms with Crippen LogP contribution in [0, 0.1) is 6.92 Å². The number of rotatable bonds is 4. The van der Waals surface area contributed by atoms with Crippen molar-refractivity contribution in [2.24, 2.45) is 0 Å². The summed E-state index contributed by atoms with van der Waals surface area (Å²) in [5.74, 6) is -1.06. The molecule has 1 fully saturated rings. The molecule has 4 rings (SSSR count). The summed E-state index contributed by atoms with van der Waals surface area (Å²) in [5.41, 5.74) is 2.37. The van der Waals surface area contributed by atoms with Crippen molar-refractivity contribution in [2.75, 3.05) is 11.4 Å². The first-order valence-electron chi connectivity index (χ1n) is 10.4. The summed E-state index contributed by atoms with van der Waals surface area (Å²) < 4.78 is 43.8. The number of carbonyl (C=O) groups is 3. The molecular weight excluding hydrogens is 469 g/mol. The van der Waals surface area contributed by atoms with Crippen LogP contribution >= 0.6 is 11.8 Å². The summed E-state index contributed by atoms with van der Waals surface area (Å²) in [6.07, 6.45) is -3.49. The third-order valence-electron chi connectivity index (χ3n) is 5.86. The molecule has 34 heavy (non-hydrogen) atoms. The minimum absolute atomic E-state index is 0.0827. The van der Waals surface area contributed by atoms with Crippen LogP contribution < -0.4 is 15.0 Å². The van der Waals surface area contributed by atoms with E-state index >= 15 is 0 Å². The number of nitrogens with one attached hydrogen (secondary N) is 1. The molecule has 2 aromatic carbocycles. The fraction of sp³-hybridized carbons (Fsp3) is 0.292. The van der Waals surface area contributed by atoms with E-state index in [1.165, 1.54) is 24.3 Å². The van der Waals surface area contributed by atoms with Crippen LogP contribution in [0.4, 0.5) is 23.7 Å². The van der Waals surface area contributed by atoms with Gasteiger partial charge in [0.2, 0.25) is 5.91 Å². The summed E-state index contributed by atoms with van der Waals surface area (Å²) in [7, 11) is 0. The number of benzene rings is 2. The maximum Gasteiger partial charge on any atom is 0.573 e. The van der Waals surface area contributed by atoms with E-state index in [-0.39, 0.29) is 16.4 Å². The third kappa shape index (κ3) is 4.18. The molecule has 3 amide bonds. The van der Waals surface area contributed by atoms with Gasteiger partial charge in [-0.3, -0.25) is 19.7 Å². The van der Waals surface area contributed by atoms with Gasteiger partial charge in [-0.1, -0.05) is 12.1 Å².